The summed E-state index contributed by atoms with van der Waals surface area (Å²) < 4.78 is 11.2. The molecule has 3 rings (SSSR count). The van der Waals surface area contributed by atoms with Crippen molar-refractivity contribution in [2.24, 2.45) is 0 Å². The number of aliphatic carboxylic acids is 1. The first-order chi connectivity index (χ1) is 14.0. The van der Waals surface area contributed by atoms with Gasteiger partial charge in [-0.15, -0.1) is 0 Å². The van der Waals surface area contributed by atoms with Gasteiger partial charge in [0.25, 0.3) is 0 Å². The second kappa shape index (κ2) is 7.97. The number of carboxylic acid groups (broad SMARTS) is 1. The van der Waals surface area contributed by atoms with E-state index in [1.54, 1.807) is 19.3 Å². The van der Waals surface area contributed by atoms with E-state index < -0.39 is 23.5 Å². The molecule has 0 spiro atoms. The Hall–Kier alpha value is -3.09. The predicted octanol–water partition coefficient (Wildman–Crippen LogP) is 2.72. The summed E-state index contributed by atoms with van der Waals surface area (Å²) in [6.45, 7) is 9.76. The van der Waals surface area contributed by atoms with Crippen molar-refractivity contribution >= 4 is 33.8 Å². The Bertz CT molecular complexity index is 1180. The number of carbonyl (C=O) groups excluding carboxylic acids is 2. The van der Waals surface area contributed by atoms with Gasteiger partial charge in [-0.2, -0.15) is 0 Å². The van der Waals surface area contributed by atoms with Crippen LogP contribution in [0.5, 0.6) is 0 Å². The second-order valence-electron chi connectivity index (χ2n) is 8.58. The lowest BCUT2D eigenvalue weighted by Gasteiger charge is -2.18. The van der Waals surface area contributed by atoms with Crippen molar-refractivity contribution in [2.45, 2.75) is 65.3 Å². The molecule has 2 heterocycles. The zero-order valence-corrected chi connectivity index (χ0v) is 17.9. The van der Waals surface area contributed by atoms with E-state index in [0.29, 0.717) is 16.7 Å². The van der Waals surface area contributed by atoms with E-state index >= 15 is 0 Å². The predicted molar refractivity (Wildman–Crippen MR) is 111 cm³/mol. The summed E-state index contributed by atoms with van der Waals surface area (Å²) >= 11 is 0. The van der Waals surface area contributed by atoms with Gasteiger partial charge in [0.2, 0.25) is 5.91 Å². The standard InChI is InChI=1S/C23H27NO6/c1-6-17(21(26)27)24-20(25)8-7-13-12(2)14-9-15-16(23(3,4)5)11-29-18(15)10-19(14)30-22(13)28/h9-11,17H,6-8H2,1-5H3,(H,24,25)(H,26,27)/p-1/t17-/m1/s1. The molecule has 1 atom stereocenters. The molecule has 7 heteroatoms. The monoisotopic (exact) mass is 412 g/mol. The van der Waals surface area contributed by atoms with Crippen LogP contribution in [0.2, 0.25) is 0 Å². The highest BCUT2D eigenvalue weighted by Gasteiger charge is 2.22. The van der Waals surface area contributed by atoms with Gasteiger partial charge in [0.15, 0.2) is 0 Å². The minimum absolute atomic E-state index is 0.0257. The topological polar surface area (TPSA) is 113 Å². The molecule has 1 N–H and O–H groups in total. The molecule has 160 valence electrons. The van der Waals surface area contributed by atoms with Gasteiger partial charge in [-0.05, 0) is 36.8 Å². The molecule has 0 saturated heterocycles. The van der Waals surface area contributed by atoms with Crippen molar-refractivity contribution < 1.29 is 23.5 Å². The van der Waals surface area contributed by atoms with Gasteiger partial charge in [0.05, 0.1) is 18.3 Å². The molecule has 0 aliphatic heterocycles. The maximum atomic E-state index is 12.5. The van der Waals surface area contributed by atoms with Crippen LogP contribution in [0.1, 0.15) is 57.2 Å². The Morgan fingerprint density at radius 2 is 1.87 bits per heavy atom. The number of carboxylic acids is 1. The van der Waals surface area contributed by atoms with Gasteiger partial charge >= 0.3 is 5.63 Å². The zero-order chi connectivity index (χ0) is 22.2. The van der Waals surface area contributed by atoms with E-state index in [-0.39, 0.29) is 24.7 Å². The van der Waals surface area contributed by atoms with Crippen LogP contribution in [0.15, 0.2) is 32.0 Å². The summed E-state index contributed by atoms with van der Waals surface area (Å²) in [6.07, 6.45) is 2.07. The molecule has 0 unspecified atom stereocenters. The summed E-state index contributed by atoms with van der Waals surface area (Å²) in [4.78, 5) is 35.6. The Balaban J connectivity index is 1.96. The molecule has 3 aromatic rings. The maximum absolute atomic E-state index is 12.5. The van der Waals surface area contributed by atoms with Crippen LogP contribution in [-0.2, 0) is 21.4 Å². The number of benzene rings is 1. The number of furan rings is 1. The Labute approximate surface area is 174 Å². The molecule has 7 nitrogen and oxygen atoms in total. The highest BCUT2D eigenvalue weighted by Crippen LogP contribution is 2.35. The lowest BCUT2D eigenvalue weighted by molar-refractivity contribution is -0.308. The van der Waals surface area contributed by atoms with Gasteiger partial charge in [-0.25, -0.2) is 4.79 Å². The van der Waals surface area contributed by atoms with Crippen LogP contribution in [0, 0.1) is 6.92 Å². The van der Waals surface area contributed by atoms with Gasteiger partial charge in [0.1, 0.15) is 11.2 Å². The number of hydrogen-bond donors (Lipinski definition) is 1. The first-order valence-electron chi connectivity index (χ1n) is 10.0. The van der Waals surface area contributed by atoms with Gasteiger partial charge < -0.3 is 24.1 Å². The molecule has 1 amide bonds. The highest BCUT2D eigenvalue weighted by molar-refractivity contribution is 5.97. The fourth-order valence-corrected chi connectivity index (χ4v) is 3.61. The molecule has 30 heavy (non-hydrogen) atoms. The minimum atomic E-state index is -1.33. The molecular formula is C23H26NO6-. The molecule has 2 aromatic heterocycles. The van der Waals surface area contributed by atoms with E-state index in [4.69, 9.17) is 8.83 Å². The Kier molecular flexibility index (Phi) is 5.74. The molecule has 0 fully saturated rings. The lowest BCUT2D eigenvalue weighted by atomic mass is 9.86. The summed E-state index contributed by atoms with van der Waals surface area (Å²) in [5.41, 5.74) is 2.65. The third-order valence-corrected chi connectivity index (χ3v) is 5.42. The maximum Gasteiger partial charge on any atom is 0.339 e. The second-order valence-corrected chi connectivity index (χ2v) is 8.58. The van der Waals surface area contributed by atoms with E-state index in [1.807, 2.05) is 13.0 Å². The third kappa shape index (κ3) is 4.10. The van der Waals surface area contributed by atoms with Crippen LogP contribution in [0.3, 0.4) is 0 Å². The fraction of sp³-hybridized carbons (Fsp3) is 0.435. The van der Waals surface area contributed by atoms with Crippen LogP contribution < -0.4 is 16.0 Å². The summed E-state index contributed by atoms with van der Waals surface area (Å²) in [5, 5.41) is 15.1. The molecule has 0 aliphatic carbocycles. The highest BCUT2D eigenvalue weighted by atomic mass is 16.4. The fourth-order valence-electron chi connectivity index (χ4n) is 3.61. The normalized spacial score (nSPS) is 13.0. The quantitative estimate of drug-likeness (QED) is 0.623. The summed E-state index contributed by atoms with van der Waals surface area (Å²) in [7, 11) is 0. The molecular weight excluding hydrogens is 386 g/mol. The van der Waals surface area contributed by atoms with Crippen molar-refractivity contribution in [1.29, 1.82) is 0 Å². The smallest absolute Gasteiger partial charge is 0.339 e. The number of fused-ring (bicyclic) bond motifs is 2. The van der Waals surface area contributed by atoms with Crippen LogP contribution in [0.4, 0.5) is 0 Å². The Morgan fingerprint density at radius 3 is 2.47 bits per heavy atom. The van der Waals surface area contributed by atoms with E-state index in [2.05, 4.69) is 26.1 Å². The van der Waals surface area contributed by atoms with Crippen molar-refractivity contribution in [2.75, 3.05) is 0 Å². The average molecular weight is 412 g/mol. The summed E-state index contributed by atoms with van der Waals surface area (Å²) in [5.74, 6) is -1.78. The van der Waals surface area contributed by atoms with E-state index in [0.717, 1.165) is 21.9 Å². The van der Waals surface area contributed by atoms with Crippen LogP contribution in [-0.4, -0.2) is 17.9 Å². The van der Waals surface area contributed by atoms with Crippen molar-refractivity contribution in [3.05, 3.63) is 45.5 Å². The first kappa shape index (κ1) is 21.6. The number of amides is 1. The SMILES string of the molecule is CC[C@@H](NC(=O)CCc1c(C)c2cc3c(C(C)(C)C)coc3cc2oc1=O)C(=O)[O-]. The number of aryl methyl sites for hydroxylation is 1. The number of rotatable bonds is 6. The molecule has 0 radical (unpaired) electrons. The first-order valence-corrected chi connectivity index (χ1v) is 10.0. The van der Waals surface area contributed by atoms with Crippen LogP contribution in [0.25, 0.3) is 21.9 Å². The molecule has 1 aromatic carbocycles. The molecule has 0 bridgehead atoms. The van der Waals surface area contributed by atoms with Crippen molar-refractivity contribution in [1.82, 2.24) is 5.32 Å². The van der Waals surface area contributed by atoms with Crippen molar-refractivity contribution in [3.8, 4) is 0 Å². The molecule has 0 aliphatic rings. The van der Waals surface area contributed by atoms with Gasteiger partial charge in [0, 0.05) is 34.4 Å². The Morgan fingerprint density at radius 1 is 1.17 bits per heavy atom. The number of nitrogens with one attached hydrogen (secondary N) is 1. The average Bonchev–Trinajstić information content (AvgIpc) is 3.07. The van der Waals surface area contributed by atoms with E-state index in [9.17, 15) is 19.5 Å². The largest absolute Gasteiger partial charge is 0.548 e. The minimum Gasteiger partial charge on any atom is -0.548 e. The van der Waals surface area contributed by atoms with Gasteiger partial charge in [-0.1, -0.05) is 27.7 Å². The van der Waals surface area contributed by atoms with E-state index in [1.165, 1.54) is 0 Å². The van der Waals surface area contributed by atoms with Crippen molar-refractivity contribution in [3.63, 3.8) is 0 Å². The molecule has 0 saturated carbocycles. The number of carbonyl (C=O) groups is 2. The van der Waals surface area contributed by atoms with Crippen LogP contribution >= 0.6 is 0 Å². The zero-order valence-electron chi connectivity index (χ0n) is 17.9. The van der Waals surface area contributed by atoms with Gasteiger partial charge in [-0.3, -0.25) is 4.79 Å². The summed E-state index contributed by atoms with van der Waals surface area (Å²) in [6, 6.07) is 2.63. The number of hydrogen-bond acceptors (Lipinski definition) is 6. The lowest BCUT2D eigenvalue weighted by Crippen LogP contribution is -2.47. The third-order valence-electron chi connectivity index (χ3n) is 5.42.